The first-order chi connectivity index (χ1) is 8.93. The van der Waals surface area contributed by atoms with Crippen molar-refractivity contribution in [1.82, 2.24) is 10.6 Å². The molecule has 19 heavy (non-hydrogen) atoms. The summed E-state index contributed by atoms with van der Waals surface area (Å²) in [6.07, 6.45) is 2.40. The highest BCUT2D eigenvalue weighted by molar-refractivity contribution is 5.83. The first-order valence-corrected chi connectivity index (χ1v) is 6.31. The van der Waals surface area contributed by atoms with E-state index in [0.29, 0.717) is 25.7 Å². The Balaban J connectivity index is 2.31. The third-order valence-corrected chi connectivity index (χ3v) is 3.31. The summed E-state index contributed by atoms with van der Waals surface area (Å²) in [5.41, 5.74) is 0. The van der Waals surface area contributed by atoms with Crippen molar-refractivity contribution in [2.24, 2.45) is 5.92 Å². The Bertz CT molecular complexity index is 350. The molecule has 0 heterocycles. The molecule has 1 saturated carbocycles. The number of hydrogen-bond acceptors (Lipinski definition) is 4. The van der Waals surface area contributed by atoms with Crippen molar-refractivity contribution in [2.45, 2.75) is 44.7 Å². The predicted octanol–water partition coefficient (Wildman–Crippen LogP) is 0.490. The lowest BCUT2D eigenvalue weighted by Gasteiger charge is -2.27. The number of urea groups is 1. The van der Waals surface area contributed by atoms with Crippen LogP contribution in [0.4, 0.5) is 4.79 Å². The molecule has 7 heteroatoms. The Morgan fingerprint density at radius 2 is 1.79 bits per heavy atom. The van der Waals surface area contributed by atoms with Gasteiger partial charge in [0.15, 0.2) is 0 Å². The number of amides is 2. The molecule has 0 aromatic heterocycles. The molecule has 0 radical (unpaired) electrons. The number of carboxylic acid groups (broad SMARTS) is 1. The Kier molecular flexibility index (Phi) is 5.59. The summed E-state index contributed by atoms with van der Waals surface area (Å²) >= 11 is 0. The van der Waals surface area contributed by atoms with Crippen LogP contribution in [0.5, 0.6) is 0 Å². The molecule has 2 amide bonds. The number of carbonyl (C=O) groups excluding carboxylic acids is 2. The zero-order chi connectivity index (χ0) is 14.4. The van der Waals surface area contributed by atoms with Crippen molar-refractivity contribution in [3.05, 3.63) is 0 Å². The number of carboxylic acids is 1. The first kappa shape index (κ1) is 15.3. The number of esters is 1. The molecule has 3 N–H and O–H groups in total. The van der Waals surface area contributed by atoms with E-state index in [-0.39, 0.29) is 12.0 Å². The second-order valence-electron chi connectivity index (χ2n) is 4.75. The molecule has 108 valence electrons. The average Bonchev–Trinajstić information content (AvgIpc) is 2.38. The Morgan fingerprint density at radius 3 is 2.26 bits per heavy atom. The van der Waals surface area contributed by atoms with Gasteiger partial charge in [-0.05, 0) is 32.6 Å². The lowest BCUT2D eigenvalue weighted by atomic mass is 9.86. The average molecular weight is 272 g/mol. The number of nitrogens with one attached hydrogen (secondary N) is 2. The molecule has 0 aromatic carbocycles. The van der Waals surface area contributed by atoms with E-state index in [2.05, 4.69) is 15.4 Å². The zero-order valence-electron chi connectivity index (χ0n) is 11.1. The van der Waals surface area contributed by atoms with Crippen molar-refractivity contribution in [3.8, 4) is 0 Å². The third-order valence-electron chi connectivity index (χ3n) is 3.31. The van der Waals surface area contributed by atoms with Crippen molar-refractivity contribution in [3.63, 3.8) is 0 Å². The number of ether oxygens (including phenoxy) is 1. The van der Waals surface area contributed by atoms with Crippen LogP contribution in [0, 0.1) is 5.92 Å². The molecule has 0 bridgehead atoms. The largest absolute Gasteiger partial charge is 0.481 e. The first-order valence-electron chi connectivity index (χ1n) is 6.31. The number of hydrogen-bond donors (Lipinski definition) is 3. The highest BCUT2D eigenvalue weighted by Gasteiger charge is 2.27. The fourth-order valence-electron chi connectivity index (χ4n) is 2.14. The van der Waals surface area contributed by atoms with Gasteiger partial charge in [-0.2, -0.15) is 0 Å². The smallest absolute Gasteiger partial charge is 0.328 e. The normalized spacial score (nSPS) is 24.1. The van der Waals surface area contributed by atoms with Gasteiger partial charge < -0.3 is 20.5 Å². The number of rotatable bonds is 4. The van der Waals surface area contributed by atoms with Crippen molar-refractivity contribution in [2.75, 3.05) is 7.11 Å². The van der Waals surface area contributed by atoms with E-state index in [1.54, 1.807) is 0 Å². The molecule has 7 nitrogen and oxygen atoms in total. The van der Waals surface area contributed by atoms with E-state index >= 15 is 0 Å². The lowest BCUT2D eigenvalue weighted by molar-refractivity contribution is -0.143. The predicted molar refractivity (Wildman–Crippen MR) is 66.5 cm³/mol. The van der Waals surface area contributed by atoms with Crippen molar-refractivity contribution >= 4 is 18.0 Å². The van der Waals surface area contributed by atoms with Crippen molar-refractivity contribution in [1.29, 1.82) is 0 Å². The van der Waals surface area contributed by atoms with Gasteiger partial charge in [0.1, 0.15) is 6.04 Å². The summed E-state index contributed by atoms with van der Waals surface area (Å²) in [5.74, 6) is -1.60. The van der Waals surface area contributed by atoms with Crippen LogP contribution in [0.25, 0.3) is 0 Å². The molecule has 1 unspecified atom stereocenters. The van der Waals surface area contributed by atoms with E-state index in [0.717, 1.165) is 0 Å². The fraction of sp³-hybridized carbons (Fsp3) is 0.750. The molecule has 0 saturated heterocycles. The van der Waals surface area contributed by atoms with Gasteiger partial charge in [-0.1, -0.05) is 0 Å². The molecular weight excluding hydrogens is 252 g/mol. The maximum absolute atomic E-state index is 11.6. The van der Waals surface area contributed by atoms with Gasteiger partial charge in [0.05, 0.1) is 13.0 Å². The van der Waals surface area contributed by atoms with Gasteiger partial charge in [-0.3, -0.25) is 4.79 Å². The fourth-order valence-corrected chi connectivity index (χ4v) is 2.14. The maximum Gasteiger partial charge on any atom is 0.328 e. The third kappa shape index (κ3) is 4.76. The van der Waals surface area contributed by atoms with Crippen LogP contribution in [0.15, 0.2) is 0 Å². The van der Waals surface area contributed by atoms with Gasteiger partial charge in [0, 0.05) is 6.04 Å². The summed E-state index contributed by atoms with van der Waals surface area (Å²) in [4.78, 5) is 33.5. The minimum atomic E-state index is -0.776. The molecule has 1 aliphatic carbocycles. The van der Waals surface area contributed by atoms with E-state index in [4.69, 9.17) is 5.11 Å². The Morgan fingerprint density at radius 1 is 1.21 bits per heavy atom. The quantitative estimate of drug-likeness (QED) is 0.646. The van der Waals surface area contributed by atoms with E-state index in [9.17, 15) is 14.4 Å². The highest BCUT2D eigenvalue weighted by Crippen LogP contribution is 2.24. The number of carbonyl (C=O) groups is 3. The Labute approximate surface area is 111 Å². The second kappa shape index (κ2) is 6.96. The SMILES string of the molecule is COC(=O)C(C)NC(=O)NC1CCC(C(=O)O)CC1. The van der Waals surface area contributed by atoms with Crippen LogP contribution in [0.3, 0.4) is 0 Å². The minimum Gasteiger partial charge on any atom is -0.481 e. The number of methoxy groups -OCH3 is 1. The van der Waals surface area contributed by atoms with Crippen LogP contribution in [-0.4, -0.2) is 42.3 Å². The highest BCUT2D eigenvalue weighted by atomic mass is 16.5. The second-order valence-corrected chi connectivity index (χ2v) is 4.75. The molecule has 1 aliphatic rings. The Hall–Kier alpha value is -1.79. The van der Waals surface area contributed by atoms with Gasteiger partial charge in [-0.25, -0.2) is 9.59 Å². The molecule has 0 spiro atoms. The van der Waals surface area contributed by atoms with E-state index in [1.807, 2.05) is 0 Å². The summed E-state index contributed by atoms with van der Waals surface area (Å²) in [7, 11) is 1.26. The topological polar surface area (TPSA) is 105 Å². The summed E-state index contributed by atoms with van der Waals surface area (Å²) < 4.78 is 4.50. The molecule has 1 atom stereocenters. The standard InChI is InChI=1S/C12H20N2O5/c1-7(11(17)19-2)13-12(18)14-9-5-3-8(4-6-9)10(15)16/h7-9H,3-6H2,1-2H3,(H,15,16)(H2,13,14,18). The molecular formula is C12H20N2O5. The van der Waals surface area contributed by atoms with Crippen molar-refractivity contribution < 1.29 is 24.2 Å². The maximum atomic E-state index is 11.6. The molecule has 1 fully saturated rings. The van der Waals surface area contributed by atoms with E-state index < -0.39 is 24.0 Å². The molecule has 0 aliphatic heterocycles. The lowest BCUT2D eigenvalue weighted by Crippen LogP contribution is -2.49. The van der Waals surface area contributed by atoms with Crippen LogP contribution in [0.2, 0.25) is 0 Å². The van der Waals surface area contributed by atoms with E-state index in [1.165, 1.54) is 14.0 Å². The molecule has 1 rings (SSSR count). The summed E-state index contributed by atoms with van der Waals surface area (Å²) in [5, 5.41) is 14.1. The number of aliphatic carboxylic acids is 1. The molecule has 0 aromatic rings. The van der Waals surface area contributed by atoms with Gasteiger partial charge >= 0.3 is 18.0 Å². The van der Waals surface area contributed by atoms with Crippen LogP contribution < -0.4 is 10.6 Å². The van der Waals surface area contributed by atoms with Crippen LogP contribution >= 0.6 is 0 Å². The monoisotopic (exact) mass is 272 g/mol. The van der Waals surface area contributed by atoms with Crippen LogP contribution in [-0.2, 0) is 14.3 Å². The van der Waals surface area contributed by atoms with Crippen LogP contribution in [0.1, 0.15) is 32.6 Å². The van der Waals surface area contributed by atoms with Gasteiger partial charge in [0.2, 0.25) is 0 Å². The van der Waals surface area contributed by atoms with Gasteiger partial charge in [0.25, 0.3) is 0 Å². The zero-order valence-corrected chi connectivity index (χ0v) is 11.1. The summed E-state index contributed by atoms with van der Waals surface area (Å²) in [6.45, 7) is 1.53. The minimum absolute atomic E-state index is 0.0413. The van der Waals surface area contributed by atoms with Gasteiger partial charge in [-0.15, -0.1) is 0 Å². The summed E-state index contributed by atoms with van der Waals surface area (Å²) in [6, 6.07) is -1.18.